The second kappa shape index (κ2) is 6.38. The number of quaternary nitrogens is 1. The molecule has 0 radical (unpaired) electrons. The second-order valence-corrected chi connectivity index (χ2v) is 4.94. The van der Waals surface area contributed by atoms with Gasteiger partial charge in [-0.15, -0.1) is 0 Å². The number of para-hydroxylation sites is 2. The lowest BCUT2D eigenvalue weighted by Gasteiger charge is -2.30. The van der Waals surface area contributed by atoms with E-state index in [9.17, 15) is 9.90 Å². The van der Waals surface area contributed by atoms with Crippen LogP contribution in [0.25, 0.3) is 0 Å². The van der Waals surface area contributed by atoms with Gasteiger partial charge in [0.1, 0.15) is 0 Å². The van der Waals surface area contributed by atoms with E-state index in [-0.39, 0.29) is 5.76 Å². The van der Waals surface area contributed by atoms with Crippen LogP contribution in [0.4, 0.5) is 5.69 Å². The van der Waals surface area contributed by atoms with Gasteiger partial charge >= 0.3 is 5.97 Å². The predicted octanol–water partition coefficient (Wildman–Crippen LogP) is 3.03. The fourth-order valence-corrected chi connectivity index (χ4v) is 1.99. The summed E-state index contributed by atoms with van der Waals surface area (Å²) < 4.78 is 5.88. The average molecular weight is 264 g/mol. The molecule has 0 atom stereocenters. The molecule has 0 unspecified atom stereocenters. The Labute approximate surface area is 114 Å². The maximum absolute atomic E-state index is 11.6. The third-order valence-electron chi connectivity index (χ3n) is 2.99. The summed E-state index contributed by atoms with van der Waals surface area (Å²) in [5, 5.41) is 9.37. The van der Waals surface area contributed by atoms with Gasteiger partial charge in [0, 0.05) is 6.07 Å². The summed E-state index contributed by atoms with van der Waals surface area (Å²) in [5.41, 5.74) is 0.918. The number of hydrogen-bond donors (Lipinski definition) is 1. The van der Waals surface area contributed by atoms with Crippen molar-refractivity contribution in [1.29, 1.82) is 0 Å². The van der Waals surface area contributed by atoms with E-state index in [4.69, 9.17) is 4.74 Å². The smallest absolute Gasteiger partial charge is 0.378 e. The molecule has 0 spiro atoms. The molecule has 0 amide bonds. The van der Waals surface area contributed by atoms with Crippen molar-refractivity contribution in [2.45, 2.75) is 20.3 Å². The lowest BCUT2D eigenvalue weighted by Crippen LogP contribution is -2.41. The predicted molar refractivity (Wildman–Crippen MR) is 77.3 cm³/mol. The third kappa shape index (κ3) is 3.83. The second-order valence-electron chi connectivity index (χ2n) is 4.94. The van der Waals surface area contributed by atoms with E-state index in [1.54, 1.807) is 13.0 Å². The first-order valence-corrected chi connectivity index (χ1v) is 6.42. The first kappa shape index (κ1) is 15.2. The lowest BCUT2D eigenvalue weighted by atomic mass is 10.2. The molecule has 1 aromatic rings. The van der Waals surface area contributed by atoms with Gasteiger partial charge in [0.15, 0.2) is 17.2 Å². The van der Waals surface area contributed by atoms with Crippen LogP contribution in [0, 0.1) is 0 Å². The van der Waals surface area contributed by atoms with Crippen molar-refractivity contribution in [3.05, 3.63) is 36.1 Å². The maximum Gasteiger partial charge on any atom is 0.378 e. The summed E-state index contributed by atoms with van der Waals surface area (Å²) in [6.45, 7) is 4.63. The monoisotopic (exact) mass is 264 g/mol. The molecule has 0 aliphatic heterocycles. The molecule has 104 valence electrons. The molecular formula is C15H22NO3+. The average Bonchev–Trinajstić information content (AvgIpc) is 2.38. The number of nitrogens with zero attached hydrogens (tertiary/aromatic N) is 1. The molecule has 1 aromatic carbocycles. The molecule has 0 saturated heterocycles. The number of benzene rings is 1. The Morgan fingerprint density at radius 2 is 2.00 bits per heavy atom. The van der Waals surface area contributed by atoms with Crippen LogP contribution >= 0.6 is 0 Å². The number of hydrogen-bond acceptors (Lipinski definition) is 3. The Kier molecular flexibility index (Phi) is 5.12. The van der Waals surface area contributed by atoms with Crippen LogP contribution in [0.2, 0.25) is 0 Å². The molecule has 0 fully saturated rings. The molecular weight excluding hydrogens is 242 g/mol. The molecule has 0 aliphatic rings. The van der Waals surface area contributed by atoms with Crippen LogP contribution in [-0.4, -0.2) is 31.7 Å². The summed E-state index contributed by atoms with van der Waals surface area (Å²) in [7, 11) is 4.12. The van der Waals surface area contributed by atoms with Crippen LogP contribution in [-0.2, 0) is 4.79 Å². The van der Waals surface area contributed by atoms with E-state index >= 15 is 0 Å². The summed E-state index contributed by atoms with van der Waals surface area (Å²) in [4.78, 5) is 11.6. The van der Waals surface area contributed by atoms with Gasteiger partial charge in [-0.2, -0.15) is 0 Å². The van der Waals surface area contributed by atoms with Gasteiger partial charge in [-0.1, -0.05) is 19.1 Å². The number of ether oxygens (including phenoxy) is 1. The topological polar surface area (TPSA) is 46.5 Å². The van der Waals surface area contributed by atoms with E-state index in [0.717, 1.165) is 18.7 Å². The Morgan fingerprint density at radius 3 is 2.58 bits per heavy atom. The molecule has 4 heteroatoms. The minimum atomic E-state index is -0.730. The lowest BCUT2D eigenvalue weighted by molar-refractivity contribution is -0.133. The maximum atomic E-state index is 11.6. The number of allylic oxidation sites excluding steroid dienone is 1. The van der Waals surface area contributed by atoms with Crippen LogP contribution in [0.5, 0.6) is 5.75 Å². The number of aliphatic hydroxyl groups is 1. The van der Waals surface area contributed by atoms with Crippen molar-refractivity contribution < 1.29 is 14.6 Å². The molecule has 1 N–H and O–H groups in total. The summed E-state index contributed by atoms with van der Waals surface area (Å²) in [6, 6.07) is 7.40. The molecule has 1 rings (SSSR count). The van der Waals surface area contributed by atoms with E-state index < -0.39 is 5.97 Å². The van der Waals surface area contributed by atoms with Crippen molar-refractivity contribution in [1.82, 2.24) is 4.48 Å². The minimum absolute atomic E-state index is 0.379. The number of rotatable bonds is 5. The van der Waals surface area contributed by atoms with Crippen LogP contribution < -0.4 is 9.22 Å². The molecule has 0 aliphatic carbocycles. The van der Waals surface area contributed by atoms with Crippen molar-refractivity contribution in [3.63, 3.8) is 0 Å². The number of aliphatic hydroxyl groups excluding tert-OH is 1. The van der Waals surface area contributed by atoms with Gasteiger partial charge in [0.2, 0.25) is 0 Å². The Bertz CT molecular complexity index is 478. The van der Waals surface area contributed by atoms with Crippen molar-refractivity contribution in [3.8, 4) is 5.75 Å². The highest BCUT2D eigenvalue weighted by atomic mass is 16.5. The SMILES string of the molecule is CC=C(O)C(=O)Oc1ccccc1[N+](C)(C)CCC. The standard InChI is InChI=1S/C15H21NO3/c1-5-11-16(3,4)12-9-7-8-10-14(12)19-15(18)13(17)6-2/h6-10H,5,11H2,1-4H3/p+1. The molecule has 0 heterocycles. The van der Waals surface area contributed by atoms with Gasteiger partial charge in [0.25, 0.3) is 0 Å². The summed E-state index contributed by atoms with van der Waals surface area (Å²) in [5.74, 6) is -0.624. The third-order valence-corrected chi connectivity index (χ3v) is 2.99. The van der Waals surface area contributed by atoms with Crippen LogP contribution in [0.3, 0.4) is 0 Å². The van der Waals surface area contributed by atoms with Crippen molar-refractivity contribution in [2.75, 3.05) is 20.6 Å². The van der Waals surface area contributed by atoms with Gasteiger partial charge in [-0.3, -0.25) is 4.48 Å². The minimum Gasteiger partial charge on any atom is -0.502 e. The van der Waals surface area contributed by atoms with Gasteiger partial charge in [0.05, 0.1) is 20.6 Å². The van der Waals surface area contributed by atoms with Gasteiger partial charge < -0.3 is 9.84 Å². The number of esters is 1. The number of carbonyl (C=O) groups is 1. The van der Waals surface area contributed by atoms with E-state index in [2.05, 4.69) is 21.0 Å². The highest BCUT2D eigenvalue weighted by Gasteiger charge is 2.24. The van der Waals surface area contributed by atoms with E-state index in [0.29, 0.717) is 10.2 Å². The van der Waals surface area contributed by atoms with Gasteiger partial charge in [-0.05, 0) is 25.5 Å². The zero-order chi connectivity index (χ0) is 14.5. The summed E-state index contributed by atoms with van der Waals surface area (Å²) >= 11 is 0. The molecule has 4 nitrogen and oxygen atoms in total. The van der Waals surface area contributed by atoms with Gasteiger partial charge in [-0.25, -0.2) is 4.79 Å². The van der Waals surface area contributed by atoms with Crippen molar-refractivity contribution >= 4 is 11.7 Å². The zero-order valence-electron chi connectivity index (χ0n) is 12.0. The first-order valence-electron chi connectivity index (χ1n) is 6.42. The van der Waals surface area contributed by atoms with E-state index in [1.807, 2.05) is 18.2 Å². The van der Waals surface area contributed by atoms with E-state index in [1.165, 1.54) is 6.08 Å². The van der Waals surface area contributed by atoms with Crippen molar-refractivity contribution in [2.24, 2.45) is 0 Å². The molecule has 0 saturated carbocycles. The zero-order valence-corrected chi connectivity index (χ0v) is 12.0. The molecule has 0 bridgehead atoms. The number of carbonyl (C=O) groups excluding carboxylic acids is 1. The molecule has 19 heavy (non-hydrogen) atoms. The largest absolute Gasteiger partial charge is 0.502 e. The normalized spacial score (nSPS) is 12.3. The quantitative estimate of drug-likeness (QED) is 0.292. The Hall–Kier alpha value is -1.81. The Morgan fingerprint density at radius 1 is 1.37 bits per heavy atom. The highest BCUT2D eigenvalue weighted by molar-refractivity contribution is 5.88. The Balaban J connectivity index is 3.06. The molecule has 0 aromatic heterocycles. The fraction of sp³-hybridized carbons (Fsp3) is 0.400. The van der Waals surface area contributed by atoms with Crippen LogP contribution in [0.15, 0.2) is 36.1 Å². The van der Waals surface area contributed by atoms with Crippen LogP contribution in [0.1, 0.15) is 20.3 Å². The highest BCUT2D eigenvalue weighted by Crippen LogP contribution is 2.31. The fourth-order valence-electron chi connectivity index (χ4n) is 1.99. The first-order chi connectivity index (χ1) is 8.92. The summed E-state index contributed by atoms with van der Waals surface area (Å²) in [6.07, 6.45) is 2.34.